The number of hydrogen-bond donors (Lipinski definition) is 1. The zero-order chi connectivity index (χ0) is 19.4. The lowest BCUT2D eigenvalue weighted by molar-refractivity contribution is -0.145. The van der Waals surface area contributed by atoms with Crippen LogP contribution in [0.25, 0.3) is 0 Å². The summed E-state index contributed by atoms with van der Waals surface area (Å²) in [5, 5.41) is 9.54. The Kier molecular flexibility index (Phi) is 6.34. The second-order valence-electron chi connectivity index (χ2n) is 7.58. The van der Waals surface area contributed by atoms with Crippen molar-refractivity contribution >= 4 is 12.1 Å². The molecule has 1 N–H and O–H groups in total. The first kappa shape index (κ1) is 19.6. The van der Waals surface area contributed by atoms with Gasteiger partial charge in [0.1, 0.15) is 6.61 Å². The van der Waals surface area contributed by atoms with Crippen LogP contribution >= 0.6 is 0 Å². The van der Waals surface area contributed by atoms with Crippen molar-refractivity contribution in [2.45, 2.75) is 45.1 Å². The van der Waals surface area contributed by atoms with Crippen molar-refractivity contribution in [3.05, 3.63) is 35.9 Å². The zero-order valence-corrected chi connectivity index (χ0v) is 15.9. The molecule has 27 heavy (non-hydrogen) atoms. The summed E-state index contributed by atoms with van der Waals surface area (Å²) in [7, 11) is 0. The van der Waals surface area contributed by atoms with E-state index in [1.54, 1.807) is 4.90 Å². The largest absolute Gasteiger partial charge is 0.481 e. The summed E-state index contributed by atoms with van der Waals surface area (Å²) in [5.74, 6) is -1.45. The van der Waals surface area contributed by atoms with Crippen molar-refractivity contribution in [2.75, 3.05) is 26.2 Å². The highest BCUT2D eigenvalue weighted by molar-refractivity contribution is 5.73. The molecule has 0 spiro atoms. The van der Waals surface area contributed by atoms with E-state index in [-0.39, 0.29) is 31.4 Å². The number of benzene rings is 1. The van der Waals surface area contributed by atoms with Gasteiger partial charge in [-0.05, 0) is 25.8 Å². The lowest BCUT2D eigenvalue weighted by Gasteiger charge is -2.45. The van der Waals surface area contributed by atoms with Gasteiger partial charge in [0.2, 0.25) is 0 Å². The number of rotatable bonds is 4. The van der Waals surface area contributed by atoms with E-state index in [2.05, 4.69) is 4.90 Å². The zero-order valence-electron chi connectivity index (χ0n) is 15.9. The molecule has 1 aromatic carbocycles. The van der Waals surface area contributed by atoms with Crippen molar-refractivity contribution < 1.29 is 24.2 Å². The van der Waals surface area contributed by atoms with E-state index in [1.807, 2.05) is 44.2 Å². The minimum absolute atomic E-state index is 0.00192. The van der Waals surface area contributed by atoms with Crippen LogP contribution in [0.4, 0.5) is 4.79 Å². The Morgan fingerprint density at radius 3 is 2.41 bits per heavy atom. The topological polar surface area (TPSA) is 79.3 Å². The molecule has 0 aromatic heterocycles. The van der Waals surface area contributed by atoms with Gasteiger partial charge < -0.3 is 19.5 Å². The molecule has 7 heteroatoms. The maximum absolute atomic E-state index is 12.6. The third-order valence-corrected chi connectivity index (χ3v) is 5.21. The van der Waals surface area contributed by atoms with Gasteiger partial charge >= 0.3 is 12.1 Å². The van der Waals surface area contributed by atoms with Crippen LogP contribution in [0.3, 0.4) is 0 Å². The van der Waals surface area contributed by atoms with E-state index in [0.29, 0.717) is 13.0 Å². The van der Waals surface area contributed by atoms with E-state index in [0.717, 1.165) is 18.7 Å². The Morgan fingerprint density at radius 1 is 1.11 bits per heavy atom. The first-order valence-corrected chi connectivity index (χ1v) is 9.50. The molecule has 0 unspecified atom stereocenters. The molecule has 1 aromatic rings. The van der Waals surface area contributed by atoms with Crippen molar-refractivity contribution in [1.29, 1.82) is 0 Å². The van der Waals surface area contributed by atoms with Gasteiger partial charge in [0.05, 0.1) is 18.1 Å². The normalized spacial score (nSPS) is 29.3. The fraction of sp³-hybridized carbons (Fsp3) is 0.600. The molecule has 0 bridgehead atoms. The summed E-state index contributed by atoms with van der Waals surface area (Å²) in [4.78, 5) is 28.0. The molecule has 148 valence electrons. The summed E-state index contributed by atoms with van der Waals surface area (Å²) in [6, 6.07) is 9.47. The highest BCUT2D eigenvalue weighted by Crippen LogP contribution is 2.25. The molecule has 3 rings (SSSR count). The summed E-state index contributed by atoms with van der Waals surface area (Å²) in [6.07, 6.45) is 0.274. The number of nitrogens with zero attached hydrogens (tertiary/aromatic N) is 2. The summed E-state index contributed by atoms with van der Waals surface area (Å²) in [6.45, 7) is 6.39. The predicted molar refractivity (Wildman–Crippen MR) is 99.3 cm³/mol. The Morgan fingerprint density at radius 2 is 1.78 bits per heavy atom. The first-order chi connectivity index (χ1) is 12.9. The second-order valence-corrected chi connectivity index (χ2v) is 7.58. The highest BCUT2D eigenvalue weighted by atomic mass is 16.6. The number of carboxylic acid groups (broad SMARTS) is 1. The minimum atomic E-state index is -0.866. The van der Waals surface area contributed by atoms with E-state index >= 15 is 0 Å². The van der Waals surface area contributed by atoms with Gasteiger partial charge in [0, 0.05) is 32.2 Å². The number of likely N-dealkylation sites (tertiary alicyclic amines) is 1. The second kappa shape index (κ2) is 8.71. The van der Waals surface area contributed by atoms with Gasteiger partial charge in [0.25, 0.3) is 0 Å². The molecule has 2 aliphatic heterocycles. The van der Waals surface area contributed by atoms with Crippen molar-refractivity contribution in [2.24, 2.45) is 5.92 Å². The van der Waals surface area contributed by atoms with Crippen LogP contribution in [0.5, 0.6) is 0 Å². The Hall–Kier alpha value is -2.12. The lowest BCUT2D eigenvalue weighted by Crippen LogP contribution is -2.58. The summed E-state index contributed by atoms with van der Waals surface area (Å²) < 4.78 is 11.2. The van der Waals surface area contributed by atoms with Gasteiger partial charge in [-0.15, -0.1) is 0 Å². The van der Waals surface area contributed by atoms with Crippen molar-refractivity contribution in [3.8, 4) is 0 Å². The van der Waals surface area contributed by atoms with Gasteiger partial charge in [-0.25, -0.2) is 4.79 Å². The summed E-state index contributed by atoms with van der Waals surface area (Å²) in [5.41, 5.74) is 0.907. The van der Waals surface area contributed by atoms with E-state index in [9.17, 15) is 14.7 Å². The van der Waals surface area contributed by atoms with Gasteiger partial charge in [-0.1, -0.05) is 30.3 Å². The van der Waals surface area contributed by atoms with Crippen LogP contribution in [0.15, 0.2) is 30.3 Å². The third kappa shape index (κ3) is 5.20. The fourth-order valence-corrected chi connectivity index (χ4v) is 3.99. The van der Waals surface area contributed by atoms with Crippen LogP contribution in [0, 0.1) is 5.92 Å². The maximum Gasteiger partial charge on any atom is 0.410 e. The number of piperidine rings is 1. The number of morpholine rings is 1. The Bertz CT molecular complexity index is 643. The molecule has 1 amide bonds. The molecule has 2 saturated heterocycles. The average Bonchev–Trinajstić information content (AvgIpc) is 2.65. The number of amides is 1. The van der Waals surface area contributed by atoms with Gasteiger partial charge in [0.15, 0.2) is 0 Å². The minimum Gasteiger partial charge on any atom is -0.481 e. The number of aliphatic carboxylic acids is 1. The van der Waals surface area contributed by atoms with Crippen LogP contribution in [0.2, 0.25) is 0 Å². The van der Waals surface area contributed by atoms with Crippen molar-refractivity contribution in [1.82, 2.24) is 9.80 Å². The number of carboxylic acids is 1. The van der Waals surface area contributed by atoms with Crippen LogP contribution in [0.1, 0.15) is 25.8 Å². The number of ether oxygens (including phenoxy) is 2. The molecular weight excluding hydrogens is 348 g/mol. The van der Waals surface area contributed by atoms with E-state index in [4.69, 9.17) is 9.47 Å². The van der Waals surface area contributed by atoms with Crippen molar-refractivity contribution in [3.63, 3.8) is 0 Å². The fourth-order valence-electron chi connectivity index (χ4n) is 3.99. The monoisotopic (exact) mass is 376 g/mol. The number of hydrogen-bond acceptors (Lipinski definition) is 5. The smallest absolute Gasteiger partial charge is 0.410 e. The SMILES string of the molecule is C[C@@H]1CN([C@H]2C[C@H](C(=O)O)CN(C(=O)OCc3ccccc3)C2)C[C@H](C)O1. The lowest BCUT2D eigenvalue weighted by atomic mass is 9.92. The molecule has 0 saturated carbocycles. The Balaban J connectivity index is 1.65. The van der Waals surface area contributed by atoms with E-state index < -0.39 is 18.0 Å². The highest BCUT2D eigenvalue weighted by Gasteiger charge is 2.39. The standard InChI is InChI=1S/C20H28N2O5/c1-14-9-21(10-15(2)27-14)18-8-17(19(23)24)11-22(12-18)20(25)26-13-16-6-4-3-5-7-16/h3-7,14-15,17-18H,8-13H2,1-2H3,(H,23,24)/t14-,15+,17-,18-/m0/s1. The maximum atomic E-state index is 12.6. The molecule has 2 fully saturated rings. The molecule has 2 heterocycles. The molecule has 2 aliphatic rings. The molecular formula is C20H28N2O5. The number of carbonyl (C=O) groups is 2. The summed E-state index contributed by atoms with van der Waals surface area (Å²) >= 11 is 0. The predicted octanol–water partition coefficient (Wildman–Crippen LogP) is 2.21. The molecule has 0 radical (unpaired) electrons. The molecule has 7 nitrogen and oxygen atoms in total. The van der Waals surface area contributed by atoms with Crippen LogP contribution in [-0.2, 0) is 20.9 Å². The van der Waals surface area contributed by atoms with Gasteiger partial charge in [-0.2, -0.15) is 0 Å². The third-order valence-electron chi connectivity index (χ3n) is 5.21. The van der Waals surface area contributed by atoms with E-state index in [1.165, 1.54) is 0 Å². The molecule has 0 aliphatic carbocycles. The Labute approximate surface area is 159 Å². The van der Waals surface area contributed by atoms with Crippen LogP contribution < -0.4 is 0 Å². The average molecular weight is 376 g/mol. The van der Waals surface area contributed by atoms with Crippen LogP contribution in [-0.4, -0.2) is 71.4 Å². The first-order valence-electron chi connectivity index (χ1n) is 9.50. The quantitative estimate of drug-likeness (QED) is 0.868. The number of carbonyl (C=O) groups excluding carboxylic acids is 1. The molecule has 4 atom stereocenters. The van der Waals surface area contributed by atoms with Gasteiger partial charge in [-0.3, -0.25) is 9.69 Å².